The van der Waals surface area contributed by atoms with Crippen molar-refractivity contribution in [3.63, 3.8) is 0 Å². The predicted molar refractivity (Wildman–Crippen MR) is 125 cm³/mol. The molecule has 0 aromatic heterocycles. The lowest BCUT2D eigenvalue weighted by Crippen LogP contribution is -2.57. The highest BCUT2D eigenvalue weighted by molar-refractivity contribution is 5.95. The summed E-state index contributed by atoms with van der Waals surface area (Å²) in [6.07, 6.45) is -0.171. The van der Waals surface area contributed by atoms with Crippen molar-refractivity contribution in [3.8, 4) is 0 Å². The molecular formula is C20H34N8O8. The number of likely N-dealkylation sites (tertiary alicyclic amines) is 1. The number of carbonyl (C=O) groups is 6. The second-order valence-corrected chi connectivity index (χ2v) is 8.31. The summed E-state index contributed by atoms with van der Waals surface area (Å²) < 4.78 is 0. The molecule has 12 N–H and O–H groups in total. The van der Waals surface area contributed by atoms with Gasteiger partial charge in [-0.05, 0) is 32.1 Å². The van der Waals surface area contributed by atoms with Gasteiger partial charge in [0.2, 0.25) is 23.6 Å². The second-order valence-electron chi connectivity index (χ2n) is 8.31. The molecule has 1 heterocycles. The lowest BCUT2D eigenvalue weighted by molar-refractivity contribution is -0.146. The van der Waals surface area contributed by atoms with Gasteiger partial charge in [0.15, 0.2) is 5.96 Å². The summed E-state index contributed by atoms with van der Waals surface area (Å²) in [5, 5.41) is 22.9. The number of primary amides is 1. The molecule has 4 atom stereocenters. The van der Waals surface area contributed by atoms with Gasteiger partial charge in [-0.3, -0.25) is 29.0 Å². The maximum atomic E-state index is 13.2. The van der Waals surface area contributed by atoms with Crippen LogP contribution < -0.4 is 33.6 Å². The lowest BCUT2D eigenvalue weighted by Gasteiger charge is -2.29. The fourth-order valence-electron chi connectivity index (χ4n) is 3.63. The molecular weight excluding hydrogens is 480 g/mol. The van der Waals surface area contributed by atoms with E-state index in [9.17, 15) is 33.9 Å². The largest absolute Gasteiger partial charge is 0.481 e. The van der Waals surface area contributed by atoms with Gasteiger partial charge in [0.05, 0.1) is 12.5 Å². The van der Waals surface area contributed by atoms with Gasteiger partial charge >= 0.3 is 11.9 Å². The molecule has 0 aliphatic carbocycles. The van der Waals surface area contributed by atoms with Gasteiger partial charge < -0.3 is 48.7 Å². The van der Waals surface area contributed by atoms with E-state index in [0.717, 1.165) is 4.90 Å². The van der Waals surface area contributed by atoms with Crippen molar-refractivity contribution in [3.05, 3.63) is 0 Å². The summed E-state index contributed by atoms with van der Waals surface area (Å²) in [5.74, 6) is -5.94. The van der Waals surface area contributed by atoms with Crippen LogP contribution in [-0.4, -0.2) is 93.9 Å². The van der Waals surface area contributed by atoms with E-state index in [4.69, 9.17) is 28.0 Å². The van der Waals surface area contributed by atoms with Gasteiger partial charge in [0.1, 0.15) is 18.1 Å². The molecule has 0 spiro atoms. The van der Waals surface area contributed by atoms with Crippen LogP contribution >= 0.6 is 0 Å². The third-order valence-corrected chi connectivity index (χ3v) is 5.42. The number of amides is 4. The molecule has 0 saturated carbocycles. The van der Waals surface area contributed by atoms with Crippen LogP contribution in [0.25, 0.3) is 0 Å². The van der Waals surface area contributed by atoms with E-state index in [2.05, 4.69) is 15.6 Å². The van der Waals surface area contributed by atoms with Crippen molar-refractivity contribution in [2.75, 3.05) is 13.1 Å². The molecule has 1 aliphatic rings. The summed E-state index contributed by atoms with van der Waals surface area (Å²) in [6.45, 7) is 0.358. The second kappa shape index (κ2) is 14.4. The highest BCUT2D eigenvalue weighted by Gasteiger charge is 2.39. The molecule has 4 amide bonds. The monoisotopic (exact) mass is 514 g/mol. The summed E-state index contributed by atoms with van der Waals surface area (Å²) in [4.78, 5) is 77.0. The molecule has 0 aromatic carbocycles. The molecule has 0 aromatic rings. The van der Waals surface area contributed by atoms with Crippen molar-refractivity contribution < 1.29 is 39.0 Å². The number of carboxylic acid groups (broad SMARTS) is 2. The highest BCUT2D eigenvalue weighted by Crippen LogP contribution is 2.20. The minimum atomic E-state index is -1.58. The number of hydrogen-bond acceptors (Lipinski definition) is 8. The van der Waals surface area contributed by atoms with E-state index < -0.39 is 72.6 Å². The molecule has 1 aliphatic heterocycles. The first-order valence-electron chi connectivity index (χ1n) is 11.3. The zero-order valence-electron chi connectivity index (χ0n) is 19.7. The fraction of sp³-hybridized carbons (Fsp3) is 0.650. The number of guanidine groups is 1. The van der Waals surface area contributed by atoms with Crippen LogP contribution in [0, 0.1) is 0 Å². The first-order chi connectivity index (χ1) is 16.8. The number of rotatable bonds is 15. The maximum absolute atomic E-state index is 13.2. The minimum absolute atomic E-state index is 0.110. The number of hydrogen-bond donors (Lipinski definition) is 8. The van der Waals surface area contributed by atoms with Gasteiger partial charge in [-0.25, -0.2) is 4.79 Å². The number of nitrogens with zero attached hydrogens (tertiary/aromatic N) is 2. The van der Waals surface area contributed by atoms with Gasteiger partial charge in [0.25, 0.3) is 0 Å². The van der Waals surface area contributed by atoms with Gasteiger partial charge in [-0.2, -0.15) is 0 Å². The summed E-state index contributed by atoms with van der Waals surface area (Å²) in [6, 6.07) is -4.97. The summed E-state index contributed by atoms with van der Waals surface area (Å²) >= 11 is 0. The van der Waals surface area contributed by atoms with Crippen LogP contribution in [0.5, 0.6) is 0 Å². The maximum Gasteiger partial charge on any atom is 0.326 e. The van der Waals surface area contributed by atoms with Gasteiger partial charge in [-0.1, -0.05) is 0 Å². The third kappa shape index (κ3) is 10.1. The van der Waals surface area contributed by atoms with Crippen LogP contribution in [0.2, 0.25) is 0 Å². The molecule has 16 nitrogen and oxygen atoms in total. The molecule has 1 saturated heterocycles. The van der Waals surface area contributed by atoms with E-state index in [1.54, 1.807) is 0 Å². The summed E-state index contributed by atoms with van der Waals surface area (Å²) in [5.41, 5.74) is 21.3. The number of aliphatic carboxylic acids is 2. The Hall–Kier alpha value is -3.95. The lowest BCUT2D eigenvalue weighted by atomic mass is 10.1. The molecule has 0 bridgehead atoms. The minimum Gasteiger partial charge on any atom is -0.481 e. The first kappa shape index (κ1) is 30.1. The Morgan fingerprint density at radius 1 is 1.00 bits per heavy atom. The number of nitrogens with two attached hydrogens (primary N) is 4. The topological polar surface area (TPSA) is 287 Å². The van der Waals surface area contributed by atoms with Crippen LogP contribution in [-0.2, 0) is 28.8 Å². The number of carbonyl (C=O) groups excluding carboxylic acids is 4. The number of carboxylic acids is 2. The predicted octanol–water partition coefficient (Wildman–Crippen LogP) is -3.85. The van der Waals surface area contributed by atoms with Gasteiger partial charge in [0, 0.05) is 19.5 Å². The number of aliphatic imine (C=N–C) groups is 1. The van der Waals surface area contributed by atoms with Crippen LogP contribution in [0.15, 0.2) is 4.99 Å². The molecule has 1 rings (SSSR count). The molecule has 16 heteroatoms. The fourth-order valence-corrected chi connectivity index (χ4v) is 3.63. The van der Waals surface area contributed by atoms with Crippen molar-refractivity contribution in [1.82, 2.24) is 15.5 Å². The Kier molecular flexibility index (Phi) is 12.1. The van der Waals surface area contributed by atoms with E-state index in [1.807, 2.05) is 0 Å². The molecule has 1 fully saturated rings. The molecule has 202 valence electrons. The van der Waals surface area contributed by atoms with Crippen LogP contribution in [0.1, 0.15) is 44.9 Å². The van der Waals surface area contributed by atoms with Crippen molar-refractivity contribution in [1.29, 1.82) is 0 Å². The Bertz CT molecular complexity index is 876. The number of nitrogens with one attached hydrogen (secondary N) is 2. The van der Waals surface area contributed by atoms with E-state index in [-0.39, 0.29) is 38.3 Å². The van der Waals surface area contributed by atoms with Gasteiger partial charge in [-0.15, -0.1) is 0 Å². The zero-order chi connectivity index (χ0) is 27.4. The van der Waals surface area contributed by atoms with Crippen LogP contribution in [0.4, 0.5) is 0 Å². The third-order valence-electron chi connectivity index (χ3n) is 5.42. The Morgan fingerprint density at radius 2 is 1.67 bits per heavy atom. The molecule has 4 unspecified atom stereocenters. The quantitative estimate of drug-likeness (QED) is 0.0594. The zero-order valence-corrected chi connectivity index (χ0v) is 19.7. The van der Waals surface area contributed by atoms with E-state index in [1.165, 1.54) is 0 Å². The smallest absolute Gasteiger partial charge is 0.326 e. The Labute approximate surface area is 206 Å². The normalized spacial score (nSPS) is 17.4. The van der Waals surface area contributed by atoms with Crippen molar-refractivity contribution >= 4 is 41.5 Å². The molecule has 36 heavy (non-hydrogen) atoms. The van der Waals surface area contributed by atoms with Crippen molar-refractivity contribution in [2.24, 2.45) is 27.9 Å². The highest BCUT2D eigenvalue weighted by atomic mass is 16.4. The standard InChI is InChI=1S/C20H34N8O8/c21-10(3-1-7-25-20(23)24)16(32)26-11(5-6-15(30)31)18(34)28-8-2-4-13(28)17(33)27-12(19(35)36)9-14(22)29/h10-13H,1-9,21H2,(H2,22,29)(H,26,32)(H,27,33)(H,30,31)(H,35,36)(H4,23,24,25). The SMILES string of the molecule is NC(=O)CC(NC(=O)C1CCCN1C(=O)C(CCC(=O)O)NC(=O)C(N)CCCN=C(N)N)C(=O)O. The van der Waals surface area contributed by atoms with Crippen molar-refractivity contribution in [2.45, 2.75) is 69.1 Å². The first-order valence-corrected chi connectivity index (χ1v) is 11.3. The average molecular weight is 515 g/mol. The van der Waals surface area contributed by atoms with Crippen LogP contribution in [0.3, 0.4) is 0 Å². The average Bonchev–Trinajstić information content (AvgIpc) is 3.27. The summed E-state index contributed by atoms with van der Waals surface area (Å²) in [7, 11) is 0. The Balaban J connectivity index is 2.92. The Morgan fingerprint density at radius 3 is 2.22 bits per heavy atom. The van der Waals surface area contributed by atoms with E-state index >= 15 is 0 Å². The van der Waals surface area contributed by atoms with E-state index in [0.29, 0.717) is 12.8 Å². The molecule has 0 radical (unpaired) electrons.